The highest BCUT2D eigenvalue weighted by Gasteiger charge is 2.32. The molecule has 0 aliphatic carbocycles. The lowest BCUT2D eigenvalue weighted by Gasteiger charge is -2.30. The monoisotopic (exact) mass is 813 g/mol. The SMILES string of the molecule is CC(C)(C)c1cc(Oc2ccc3c(c2)n(-c2cc(C(C)(C)C)ccn2)c2c4ccccc4n(-c4ccccc4)c32)cc(N2CN(c3ccccc3C(C)(C)C)c3ccccc32)c1. The van der Waals surface area contributed by atoms with E-state index < -0.39 is 0 Å². The number of benzene rings is 6. The van der Waals surface area contributed by atoms with E-state index in [0.29, 0.717) is 6.67 Å². The summed E-state index contributed by atoms with van der Waals surface area (Å²) in [6, 6.07) is 54.7. The third-order valence-electron chi connectivity index (χ3n) is 12.4. The van der Waals surface area contributed by atoms with Gasteiger partial charge in [-0.05, 0) is 106 Å². The van der Waals surface area contributed by atoms with Crippen LogP contribution in [0.25, 0.3) is 44.3 Å². The maximum atomic E-state index is 7.05. The lowest BCUT2D eigenvalue weighted by molar-refractivity contribution is 0.479. The summed E-state index contributed by atoms with van der Waals surface area (Å²) in [6.07, 6.45) is 1.95. The summed E-state index contributed by atoms with van der Waals surface area (Å²) < 4.78 is 11.8. The van der Waals surface area contributed by atoms with Crippen LogP contribution in [0.2, 0.25) is 0 Å². The van der Waals surface area contributed by atoms with Crippen molar-refractivity contribution in [2.75, 3.05) is 16.5 Å². The lowest BCUT2D eigenvalue weighted by Crippen LogP contribution is -2.27. The molecule has 3 aromatic heterocycles. The Bertz CT molecular complexity index is 3150. The first kappa shape index (κ1) is 39.4. The van der Waals surface area contributed by atoms with E-state index in [0.717, 1.165) is 56.1 Å². The molecule has 0 radical (unpaired) electrons. The molecule has 0 unspecified atom stereocenters. The molecule has 4 heterocycles. The van der Waals surface area contributed by atoms with Gasteiger partial charge in [-0.3, -0.25) is 4.57 Å². The number of para-hydroxylation sites is 5. The number of ether oxygens (including phenoxy) is 1. The molecule has 0 amide bonds. The van der Waals surface area contributed by atoms with Crippen molar-refractivity contribution in [3.8, 4) is 23.0 Å². The maximum Gasteiger partial charge on any atom is 0.137 e. The van der Waals surface area contributed by atoms with Crippen LogP contribution in [0.3, 0.4) is 0 Å². The molecular formula is C56H55N5O. The molecule has 0 spiro atoms. The fourth-order valence-electron chi connectivity index (χ4n) is 9.22. The average Bonchev–Trinajstić information content (AvgIpc) is 3.91. The standard InChI is InChI=1S/C56H55N5O/c1-54(2,3)37-29-30-57-51(33-37)61-50-35-41(27-28-44(50)52-53(61)43-21-13-15-23-46(43)60(52)39-19-11-10-12-20-39)62-42-32-38(55(4,5)6)31-40(34-42)58-36-59(49-26-18-17-25-48(49)58)47-24-16-14-22-45(47)56(7,8)9/h10-35H,36H2,1-9H3. The van der Waals surface area contributed by atoms with Gasteiger partial charge >= 0.3 is 0 Å². The van der Waals surface area contributed by atoms with E-state index in [9.17, 15) is 0 Å². The minimum absolute atomic E-state index is 0.0120. The van der Waals surface area contributed by atoms with E-state index in [4.69, 9.17) is 9.72 Å². The minimum Gasteiger partial charge on any atom is -0.457 e. The van der Waals surface area contributed by atoms with Crippen molar-refractivity contribution in [3.05, 3.63) is 175 Å². The zero-order valence-corrected chi connectivity index (χ0v) is 37.4. The molecule has 6 heteroatoms. The molecule has 6 nitrogen and oxygen atoms in total. The number of anilines is 4. The largest absolute Gasteiger partial charge is 0.457 e. The highest BCUT2D eigenvalue weighted by Crippen LogP contribution is 2.48. The summed E-state index contributed by atoms with van der Waals surface area (Å²) in [5.41, 5.74) is 13.9. The predicted octanol–water partition coefficient (Wildman–Crippen LogP) is 15.1. The quantitative estimate of drug-likeness (QED) is 0.168. The van der Waals surface area contributed by atoms with Crippen LogP contribution in [0.5, 0.6) is 11.5 Å². The summed E-state index contributed by atoms with van der Waals surface area (Å²) in [7, 11) is 0. The van der Waals surface area contributed by atoms with Gasteiger partial charge < -0.3 is 19.1 Å². The molecule has 6 aromatic carbocycles. The Morgan fingerprint density at radius 1 is 0.452 bits per heavy atom. The molecule has 62 heavy (non-hydrogen) atoms. The first-order valence-corrected chi connectivity index (χ1v) is 21.8. The van der Waals surface area contributed by atoms with Crippen LogP contribution in [0.1, 0.15) is 79.0 Å². The lowest BCUT2D eigenvalue weighted by atomic mass is 9.85. The van der Waals surface area contributed by atoms with Crippen LogP contribution in [0.4, 0.5) is 22.7 Å². The van der Waals surface area contributed by atoms with Gasteiger partial charge in [0.2, 0.25) is 0 Å². The predicted molar refractivity (Wildman–Crippen MR) is 260 cm³/mol. The van der Waals surface area contributed by atoms with Gasteiger partial charge in [-0.25, -0.2) is 4.98 Å². The Hall–Kier alpha value is -6.79. The third kappa shape index (κ3) is 6.69. The van der Waals surface area contributed by atoms with E-state index in [2.05, 4.69) is 233 Å². The van der Waals surface area contributed by atoms with E-state index in [1.54, 1.807) is 0 Å². The van der Waals surface area contributed by atoms with Crippen molar-refractivity contribution in [1.29, 1.82) is 0 Å². The van der Waals surface area contributed by atoms with E-state index in [1.807, 2.05) is 6.20 Å². The number of fused-ring (bicyclic) bond motifs is 6. The minimum atomic E-state index is -0.122. The number of hydrogen-bond acceptors (Lipinski definition) is 4. The van der Waals surface area contributed by atoms with Gasteiger partial charge in [0.05, 0.1) is 33.4 Å². The Kier molecular flexibility index (Phi) is 9.15. The maximum absolute atomic E-state index is 7.05. The van der Waals surface area contributed by atoms with Crippen molar-refractivity contribution in [3.63, 3.8) is 0 Å². The van der Waals surface area contributed by atoms with Gasteiger partial charge in [-0.2, -0.15) is 0 Å². The number of pyridine rings is 1. The van der Waals surface area contributed by atoms with Gasteiger partial charge in [0.15, 0.2) is 0 Å². The normalized spacial score (nSPS) is 13.4. The Morgan fingerprint density at radius 2 is 1.08 bits per heavy atom. The first-order valence-electron chi connectivity index (χ1n) is 21.8. The Morgan fingerprint density at radius 3 is 1.81 bits per heavy atom. The molecule has 0 saturated carbocycles. The topological polar surface area (TPSA) is 38.5 Å². The molecule has 1 aliphatic rings. The van der Waals surface area contributed by atoms with Crippen LogP contribution in [-0.4, -0.2) is 20.8 Å². The van der Waals surface area contributed by atoms with Crippen molar-refractivity contribution in [2.24, 2.45) is 0 Å². The second-order valence-electron chi connectivity index (χ2n) is 19.9. The summed E-state index contributed by atoms with van der Waals surface area (Å²) in [4.78, 5) is 9.95. The molecule has 10 rings (SSSR count). The summed E-state index contributed by atoms with van der Waals surface area (Å²) in [5.74, 6) is 2.45. The zero-order valence-electron chi connectivity index (χ0n) is 37.4. The fraction of sp³-hybridized carbons (Fsp3) is 0.232. The summed E-state index contributed by atoms with van der Waals surface area (Å²) in [5, 5.41) is 2.30. The molecule has 0 fully saturated rings. The van der Waals surface area contributed by atoms with Gasteiger partial charge in [0.1, 0.15) is 24.0 Å². The fourth-order valence-corrected chi connectivity index (χ4v) is 9.22. The van der Waals surface area contributed by atoms with Gasteiger partial charge in [0, 0.05) is 46.2 Å². The van der Waals surface area contributed by atoms with Crippen molar-refractivity contribution < 1.29 is 4.74 Å². The van der Waals surface area contributed by atoms with Gasteiger partial charge in [0.25, 0.3) is 0 Å². The van der Waals surface area contributed by atoms with E-state index in [1.165, 1.54) is 39.1 Å². The third-order valence-corrected chi connectivity index (χ3v) is 12.4. The molecule has 9 aromatic rings. The number of aromatic nitrogens is 3. The summed E-state index contributed by atoms with van der Waals surface area (Å²) >= 11 is 0. The van der Waals surface area contributed by atoms with Crippen LogP contribution in [-0.2, 0) is 16.2 Å². The highest BCUT2D eigenvalue weighted by atomic mass is 16.5. The van der Waals surface area contributed by atoms with E-state index in [-0.39, 0.29) is 16.2 Å². The van der Waals surface area contributed by atoms with Gasteiger partial charge in [-0.15, -0.1) is 0 Å². The van der Waals surface area contributed by atoms with E-state index >= 15 is 0 Å². The highest BCUT2D eigenvalue weighted by molar-refractivity contribution is 6.20. The molecule has 310 valence electrons. The molecular weight excluding hydrogens is 759 g/mol. The van der Waals surface area contributed by atoms with Crippen molar-refractivity contribution >= 4 is 55.6 Å². The average molecular weight is 814 g/mol. The molecule has 0 saturated heterocycles. The second kappa shape index (κ2) is 14.4. The summed E-state index contributed by atoms with van der Waals surface area (Å²) in [6.45, 7) is 21.2. The van der Waals surface area contributed by atoms with Gasteiger partial charge in [-0.1, -0.05) is 129 Å². The Balaban J connectivity index is 1.14. The second-order valence-corrected chi connectivity index (χ2v) is 19.9. The molecule has 0 N–H and O–H groups in total. The molecule has 0 bridgehead atoms. The smallest absolute Gasteiger partial charge is 0.137 e. The number of hydrogen-bond donors (Lipinski definition) is 0. The number of nitrogens with zero attached hydrogens (tertiary/aromatic N) is 5. The van der Waals surface area contributed by atoms with Crippen molar-refractivity contribution in [1.82, 2.24) is 14.1 Å². The van der Waals surface area contributed by atoms with Crippen LogP contribution >= 0.6 is 0 Å². The van der Waals surface area contributed by atoms with Crippen LogP contribution in [0, 0.1) is 0 Å². The molecule has 1 aliphatic heterocycles. The zero-order chi connectivity index (χ0) is 43.1. The Labute approximate surface area is 365 Å². The van der Waals surface area contributed by atoms with Crippen LogP contribution in [0.15, 0.2) is 158 Å². The van der Waals surface area contributed by atoms with Crippen LogP contribution < -0.4 is 14.5 Å². The number of rotatable bonds is 6. The van der Waals surface area contributed by atoms with Crippen molar-refractivity contribution in [2.45, 2.75) is 78.6 Å². The molecule has 0 atom stereocenters. The first-order chi connectivity index (χ1) is 29.6.